The van der Waals surface area contributed by atoms with E-state index in [-0.39, 0.29) is 0 Å². The molecule has 2 aliphatic rings. The molecule has 0 unspecified atom stereocenters. The third kappa shape index (κ3) is 4.33. The highest BCUT2D eigenvalue weighted by Crippen LogP contribution is 2.26. The normalized spacial score (nSPS) is 23.7. The fourth-order valence-corrected chi connectivity index (χ4v) is 4.00. The lowest BCUT2D eigenvalue weighted by atomic mass is 10.0. The molecule has 1 aliphatic heterocycles. The maximum atomic E-state index is 5.41. The van der Waals surface area contributed by atoms with Crippen molar-refractivity contribution in [2.75, 3.05) is 13.1 Å². The van der Waals surface area contributed by atoms with Crippen LogP contribution in [0, 0.1) is 0 Å². The lowest BCUT2D eigenvalue weighted by molar-refractivity contribution is 0.141. The van der Waals surface area contributed by atoms with Crippen LogP contribution in [0.1, 0.15) is 57.6 Å². The Balaban J connectivity index is 1.34. The summed E-state index contributed by atoms with van der Waals surface area (Å²) in [7, 11) is 0. The predicted octanol–water partition coefficient (Wildman–Crippen LogP) is 3.60. The lowest BCUT2D eigenvalue weighted by Crippen LogP contribution is -2.48. The molecule has 1 aromatic rings. The molecule has 2 fully saturated rings. The summed E-state index contributed by atoms with van der Waals surface area (Å²) >= 11 is 0. The Bertz CT molecular complexity index is 389. The van der Waals surface area contributed by atoms with Crippen LogP contribution >= 0.6 is 0 Å². The minimum Gasteiger partial charge on any atom is -0.469 e. The van der Waals surface area contributed by atoms with Gasteiger partial charge in [-0.1, -0.05) is 12.8 Å². The minimum absolute atomic E-state index is 0.582. The van der Waals surface area contributed by atoms with Gasteiger partial charge in [0.2, 0.25) is 0 Å². The molecule has 0 aromatic carbocycles. The first-order chi connectivity index (χ1) is 10.3. The fraction of sp³-hybridized carbons (Fsp3) is 0.778. The average molecular weight is 290 g/mol. The molecule has 0 amide bonds. The first-order valence-electron chi connectivity index (χ1n) is 8.84. The van der Waals surface area contributed by atoms with E-state index in [2.05, 4.69) is 23.2 Å². The van der Waals surface area contributed by atoms with Gasteiger partial charge in [-0.3, -0.25) is 0 Å². The quantitative estimate of drug-likeness (QED) is 0.868. The Hall–Kier alpha value is -0.800. The maximum Gasteiger partial charge on any atom is 0.103 e. The second-order valence-electron chi connectivity index (χ2n) is 6.93. The molecule has 1 aromatic heterocycles. The van der Waals surface area contributed by atoms with E-state index >= 15 is 0 Å². The van der Waals surface area contributed by atoms with Crippen LogP contribution < -0.4 is 5.32 Å². The number of hydrogen-bond acceptors (Lipinski definition) is 3. The third-order valence-electron chi connectivity index (χ3n) is 5.29. The highest BCUT2D eigenvalue weighted by molar-refractivity contribution is 4.98. The van der Waals surface area contributed by atoms with Crippen LogP contribution in [-0.4, -0.2) is 36.1 Å². The monoisotopic (exact) mass is 290 g/mol. The van der Waals surface area contributed by atoms with Gasteiger partial charge in [-0.15, -0.1) is 0 Å². The zero-order valence-corrected chi connectivity index (χ0v) is 13.4. The average Bonchev–Trinajstić information content (AvgIpc) is 3.19. The van der Waals surface area contributed by atoms with Crippen molar-refractivity contribution in [2.24, 2.45) is 0 Å². The number of rotatable bonds is 6. The summed E-state index contributed by atoms with van der Waals surface area (Å²) in [6, 6.07) is 6.26. The van der Waals surface area contributed by atoms with E-state index in [1.165, 1.54) is 51.6 Å². The molecule has 2 heterocycles. The van der Waals surface area contributed by atoms with Gasteiger partial charge in [0, 0.05) is 24.5 Å². The second kappa shape index (κ2) is 7.46. The first kappa shape index (κ1) is 15.1. The molecule has 1 saturated heterocycles. The van der Waals surface area contributed by atoms with Crippen LogP contribution in [-0.2, 0) is 6.42 Å². The van der Waals surface area contributed by atoms with Crippen LogP contribution in [0.25, 0.3) is 0 Å². The van der Waals surface area contributed by atoms with Crippen molar-refractivity contribution in [1.82, 2.24) is 10.2 Å². The fourth-order valence-electron chi connectivity index (χ4n) is 4.00. The van der Waals surface area contributed by atoms with Gasteiger partial charge in [-0.25, -0.2) is 0 Å². The van der Waals surface area contributed by atoms with Gasteiger partial charge in [-0.2, -0.15) is 0 Å². The van der Waals surface area contributed by atoms with E-state index in [0.29, 0.717) is 12.1 Å². The summed E-state index contributed by atoms with van der Waals surface area (Å²) in [6.45, 7) is 4.91. The number of nitrogens with zero attached hydrogens (tertiary/aromatic N) is 1. The highest BCUT2D eigenvalue weighted by Gasteiger charge is 2.27. The molecular weight excluding hydrogens is 260 g/mol. The number of furan rings is 1. The van der Waals surface area contributed by atoms with E-state index in [4.69, 9.17) is 4.42 Å². The van der Waals surface area contributed by atoms with Crippen LogP contribution in [0.4, 0.5) is 0 Å². The van der Waals surface area contributed by atoms with Gasteiger partial charge in [0.15, 0.2) is 0 Å². The Morgan fingerprint density at radius 2 is 2.00 bits per heavy atom. The predicted molar refractivity (Wildman–Crippen MR) is 86.5 cm³/mol. The molecule has 1 N–H and O–H groups in total. The van der Waals surface area contributed by atoms with E-state index < -0.39 is 0 Å². The van der Waals surface area contributed by atoms with Gasteiger partial charge < -0.3 is 14.6 Å². The molecule has 3 rings (SSSR count). The molecule has 21 heavy (non-hydrogen) atoms. The largest absolute Gasteiger partial charge is 0.469 e. The molecule has 1 saturated carbocycles. The van der Waals surface area contributed by atoms with E-state index in [0.717, 1.165) is 24.6 Å². The Morgan fingerprint density at radius 1 is 1.24 bits per heavy atom. The first-order valence-corrected chi connectivity index (χ1v) is 8.84. The number of aryl methyl sites for hydroxylation is 1. The minimum atomic E-state index is 0.582. The van der Waals surface area contributed by atoms with Crippen molar-refractivity contribution in [3.8, 4) is 0 Å². The molecule has 0 radical (unpaired) electrons. The highest BCUT2D eigenvalue weighted by atomic mass is 16.3. The van der Waals surface area contributed by atoms with Crippen LogP contribution in [0.15, 0.2) is 22.8 Å². The van der Waals surface area contributed by atoms with Gasteiger partial charge in [0.1, 0.15) is 5.76 Å². The van der Waals surface area contributed by atoms with Crippen molar-refractivity contribution in [3.63, 3.8) is 0 Å². The molecule has 0 spiro atoms. The number of piperidine rings is 1. The molecule has 118 valence electrons. The third-order valence-corrected chi connectivity index (χ3v) is 5.29. The molecule has 1 atom stereocenters. The summed E-state index contributed by atoms with van der Waals surface area (Å²) in [5.74, 6) is 1.11. The van der Waals surface area contributed by atoms with Crippen molar-refractivity contribution < 1.29 is 4.42 Å². The lowest BCUT2D eigenvalue weighted by Gasteiger charge is -2.37. The molecule has 3 heteroatoms. The van der Waals surface area contributed by atoms with E-state index in [9.17, 15) is 0 Å². The van der Waals surface area contributed by atoms with Crippen molar-refractivity contribution in [3.05, 3.63) is 24.2 Å². The number of nitrogens with one attached hydrogen (secondary N) is 1. The van der Waals surface area contributed by atoms with Crippen LogP contribution in [0.2, 0.25) is 0 Å². The van der Waals surface area contributed by atoms with Crippen molar-refractivity contribution in [1.29, 1.82) is 0 Å². The Labute approximate surface area is 129 Å². The molecular formula is C18H30N2O. The van der Waals surface area contributed by atoms with Gasteiger partial charge in [0.05, 0.1) is 6.26 Å². The van der Waals surface area contributed by atoms with E-state index in [1.807, 2.05) is 6.07 Å². The molecule has 1 aliphatic carbocycles. The van der Waals surface area contributed by atoms with Gasteiger partial charge >= 0.3 is 0 Å². The van der Waals surface area contributed by atoms with Gasteiger partial charge in [0.25, 0.3) is 0 Å². The summed E-state index contributed by atoms with van der Waals surface area (Å²) < 4.78 is 5.41. The van der Waals surface area contributed by atoms with Crippen molar-refractivity contribution in [2.45, 2.75) is 76.4 Å². The maximum absolute atomic E-state index is 5.41. The van der Waals surface area contributed by atoms with Crippen molar-refractivity contribution >= 4 is 0 Å². The zero-order chi connectivity index (χ0) is 14.5. The summed E-state index contributed by atoms with van der Waals surface area (Å²) in [5, 5.41) is 3.82. The zero-order valence-electron chi connectivity index (χ0n) is 13.4. The van der Waals surface area contributed by atoms with E-state index in [1.54, 1.807) is 6.26 Å². The Kier molecular flexibility index (Phi) is 5.37. The smallest absolute Gasteiger partial charge is 0.103 e. The Morgan fingerprint density at radius 3 is 2.67 bits per heavy atom. The summed E-state index contributed by atoms with van der Waals surface area (Å²) in [6.07, 6.45) is 12.4. The standard InChI is InChI=1S/C18H30N2O/c1-15(8-9-18-7-4-14-21-18)19-16-10-12-20(13-11-16)17-5-2-3-6-17/h4,7,14-17,19H,2-3,5-6,8-13H2,1H3/t15-/m1/s1. The molecule has 3 nitrogen and oxygen atoms in total. The SMILES string of the molecule is C[C@H](CCc1ccco1)NC1CCN(C2CCCC2)CC1. The van der Waals surface area contributed by atoms with Crippen LogP contribution in [0.5, 0.6) is 0 Å². The van der Waals surface area contributed by atoms with Crippen LogP contribution in [0.3, 0.4) is 0 Å². The molecule has 0 bridgehead atoms. The topological polar surface area (TPSA) is 28.4 Å². The second-order valence-corrected chi connectivity index (χ2v) is 6.93. The summed E-state index contributed by atoms with van der Waals surface area (Å²) in [4.78, 5) is 2.75. The number of hydrogen-bond donors (Lipinski definition) is 1. The van der Waals surface area contributed by atoms with Gasteiger partial charge in [-0.05, 0) is 64.3 Å². The number of likely N-dealkylation sites (tertiary alicyclic amines) is 1. The summed E-state index contributed by atoms with van der Waals surface area (Å²) in [5.41, 5.74) is 0.